The molecule has 1 atom stereocenters. The monoisotopic (exact) mass is 285 g/mol. The molecule has 114 valence electrons. The minimum absolute atomic E-state index is 0.0726. The van der Waals surface area contributed by atoms with Crippen LogP contribution in [0, 0.1) is 11.8 Å². The van der Waals surface area contributed by atoms with Crippen molar-refractivity contribution < 1.29 is 8.78 Å². The molecule has 0 bridgehead atoms. The van der Waals surface area contributed by atoms with Gasteiger partial charge in [-0.1, -0.05) is 25.5 Å². The van der Waals surface area contributed by atoms with Gasteiger partial charge in [0.2, 0.25) is 0 Å². The molecule has 0 spiro atoms. The summed E-state index contributed by atoms with van der Waals surface area (Å²) in [6, 6.07) is 0.0741. The number of aromatic nitrogens is 3. The number of alkyl halides is 2. The van der Waals surface area contributed by atoms with Gasteiger partial charge >= 0.3 is 0 Å². The summed E-state index contributed by atoms with van der Waals surface area (Å²) in [7, 11) is 0. The van der Waals surface area contributed by atoms with Gasteiger partial charge in [-0.3, -0.25) is 0 Å². The van der Waals surface area contributed by atoms with Crippen molar-refractivity contribution >= 4 is 0 Å². The predicted octanol–water partition coefficient (Wildman–Crippen LogP) is 4.34. The second-order valence-electron chi connectivity index (χ2n) is 6.62. The highest BCUT2D eigenvalue weighted by atomic mass is 19.3. The molecule has 5 heteroatoms. The molecule has 0 N–H and O–H groups in total. The van der Waals surface area contributed by atoms with Crippen LogP contribution in [0.25, 0.3) is 0 Å². The first-order chi connectivity index (χ1) is 9.34. The van der Waals surface area contributed by atoms with Crippen LogP contribution in [0.5, 0.6) is 0 Å². The summed E-state index contributed by atoms with van der Waals surface area (Å²) in [6.07, 6.45) is 3.58. The maximum atomic E-state index is 14.8. The number of fused-ring (bicyclic) bond motifs is 1. The van der Waals surface area contributed by atoms with Crippen LogP contribution in [0.3, 0.4) is 0 Å². The third-order valence-electron chi connectivity index (χ3n) is 4.08. The Balaban J connectivity index is 2.41. The summed E-state index contributed by atoms with van der Waals surface area (Å²) < 4.78 is 31.3. The quantitative estimate of drug-likeness (QED) is 0.827. The smallest absolute Gasteiger partial charge is 0.246 e. The minimum Gasteiger partial charge on any atom is -0.246 e. The third-order valence-corrected chi connectivity index (χ3v) is 4.08. The van der Waals surface area contributed by atoms with Crippen molar-refractivity contribution in [2.45, 2.75) is 71.8 Å². The molecule has 0 fully saturated rings. The zero-order valence-electron chi connectivity index (χ0n) is 12.9. The lowest BCUT2D eigenvalue weighted by molar-refractivity contribution is -0.0820. The predicted molar refractivity (Wildman–Crippen MR) is 74.8 cm³/mol. The summed E-state index contributed by atoms with van der Waals surface area (Å²) in [5, 5.41) is 7.83. The van der Waals surface area contributed by atoms with Crippen LogP contribution < -0.4 is 0 Å². The molecule has 2 rings (SSSR count). The summed E-state index contributed by atoms with van der Waals surface area (Å²) >= 11 is 0. The van der Waals surface area contributed by atoms with E-state index in [9.17, 15) is 8.78 Å². The van der Waals surface area contributed by atoms with Gasteiger partial charge in [0.1, 0.15) is 0 Å². The molecule has 0 saturated carbocycles. The Hall–Kier alpha value is -1.00. The fourth-order valence-electron chi connectivity index (χ4n) is 3.11. The summed E-state index contributed by atoms with van der Waals surface area (Å²) in [5.74, 6) is -3.19. The van der Waals surface area contributed by atoms with E-state index >= 15 is 0 Å². The Labute approximate surface area is 119 Å². The van der Waals surface area contributed by atoms with Crippen molar-refractivity contribution in [1.82, 2.24) is 15.0 Å². The van der Waals surface area contributed by atoms with E-state index in [4.69, 9.17) is 0 Å². The number of nitrogens with zero attached hydrogens (tertiary/aromatic N) is 3. The van der Waals surface area contributed by atoms with E-state index in [1.54, 1.807) is 4.68 Å². The number of rotatable bonds is 3. The molecular formula is C15H25F2N3. The SMILES string of the molecule is CC(C)CC1CCCCc2c(nnn2C(C)C)C1(F)F. The van der Waals surface area contributed by atoms with E-state index in [1.165, 1.54) is 0 Å². The molecule has 3 nitrogen and oxygen atoms in total. The normalized spacial score (nSPS) is 22.7. The lowest BCUT2D eigenvalue weighted by Crippen LogP contribution is -2.30. The first-order valence-electron chi connectivity index (χ1n) is 7.66. The fraction of sp³-hybridized carbons (Fsp3) is 0.867. The largest absolute Gasteiger partial charge is 0.296 e. The van der Waals surface area contributed by atoms with Crippen molar-refractivity contribution in [3.63, 3.8) is 0 Å². The molecule has 1 aliphatic rings. The van der Waals surface area contributed by atoms with Crippen molar-refractivity contribution in [2.75, 3.05) is 0 Å². The van der Waals surface area contributed by atoms with E-state index in [2.05, 4.69) is 10.3 Å². The summed E-state index contributed by atoms with van der Waals surface area (Å²) in [6.45, 7) is 7.91. The van der Waals surface area contributed by atoms with Crippen LogP contribution in [-0.2, 0) is 12.3 Å². The van der Waals surface area contributed by atoms with Gasteiger partial charge in [-0.2, -0.15) is 8.78 Å². The maximum Gasteiger partial charge on any atom is 0.296 e. The number of hydrogen-bond donors (Lipinski definition) is 0. The van der Waals surface area contributed by atoms with Crippen LogP contribution in [0.2, 0.25) is 0 Å². The molecule has 0 saturated heterocycles. The van der Waals surface area contributed by atoms with Crippen molar-refractivity contribution in [2.24, 2.45) is 11.8 Å². The zero-order valence-corrected chi connectivity index (χ0v) is 12.9. The lowest BCUT2D eigenvalue weighted by atomic mass is 9.83. The highest BCUT2D eigenvalue weighted by molar-refractivity contribution is 5.19. The molecule has 0 aliphatic heterocycles. The molecule has 0 aromatic carbocycles. The highest BCUT2D eigenvalue weighted by Crippen LogP contribution is 2.44. The standard InChI is InChI=1S/C15H25F2N3/c1-10(2)9-12-7-5-6-8-13-14(15(12,16)17)18-19-20(13)11(3)4/h10-12H,5-9H2,1-4H3. The summed E-state index contributed by atoms with van der Waals surface area (Å²) in [4.78, 5) is 0. The van der Waals surface area contributed by atoms with Crippen molar-refractivity contribution in [3.05, 3.63) is 11.4 Å². The first kappa shape index (κ1) is 15.4. The second-order valence-corrected chi connectivity index (χ2v) is 6.62. The second kappa shape index (κ2) is 5.78. The van der Waals surface area contributed by atoms with E-state index < -0.39 is 11.8 Å². The third kappa shape index (κ3) is 2.86. The van der Waals surface area contributed by atoms with Crippen molar-refractivity contribution in [3.8, 4) is 0 Å². The Bertz CT molecular complexity index is 452. The van der Waals surface area contributed by atoms with Gasteiger partial charge < -0.3 is 0 Å². The van der Waals surface area contributed by atoms with E-state index in [-0.39, 0.29) is 17.7 Å². The number of hydrogen-bond acceptors (Lipinski definition) is 2. The number of halogens is 2. The molecule has 0 radical (unpaired) electrons. The van der Waals surface area contributed by atoms with E-state index in [0.717, 1.165) is 12.8 Å². The minimum atomic E-state index is -2.85. The highest BCUT2D eigenvalue weighted by Gasteiger charge is 2.46. The molecule has 20 heavy (non-hydrogen) atoms. The first-order valence-corrected chi connectivity index (χ1v) is 7.66. The lowest BCUT2D eigenvalue weighted by Gasteiger charge is -2.29. The van der Waals surface area contributed by atoms with Crippen molar-refractivity contribution in [1.29, 1.82) is 0 Å². The Morgan fingerprint density at radius 2 is 1.95 bits per heavy atom. The van der Waals surface area contributed by atoms with Gasteiger partial charge in [0.05, 0.1) is 5.69 Å². The molecule has 1 aliphatic carbocycles. The summed E-state index contributed by atoms with van der Waals surface area (Å²) in [5.41, 5.74) is 0.565. The van der Waals surface area contributed by atoms with Gasteiger partial charge in [-0.25, -0.2) is 4.68 Å². The molecular weight excluding hydrogens is 260 g/mol. The Morgan fingerprint density at radius 3 is 2.55 bits per heavy atom. The average Bonchev–Trinajstić information content (AvgIpc) is 2.75. The van der Waals surface area contributed by atoms with Gasteiger partial charge in [-0.05, 0) is 45.4 Å². The average molecular weight is 285 g/mol. The molecule has 1 unspecified atom stereocenters. The topological polar surface area (TPSA) is 30.7 Å². The Kier molecular flexibility index (Phi) is 4.45. The molecule has 1 heterocycles. The molecule has 1 aromatic heterocycles. The van der Waals surface area contributed by atoms with Crippen LogP contribution >= 0.6 is 0 Å². The maximum absolute atomic E-state index is 14.8. The van der Waals surface area contributed by atoms with Crippen LogP contribution in [0.15, 0.2) is 0 Å². The fourth-order valence-corrected chi connectivity index (χ4v) is 3.11. The Morgan fingerprint density at radius 1 is 1.25 bits per heavy atom. The van der Waals surface area contributed by atoms with Gasteiger partial charge in [0.15, 0.2) is 5.69 Å². The van der Waals surface area contributed by atoms with Gasteiger partial charge in [0, 0.05) is 12.0 Å². The van der Waals surface area contributed by atoms with Crippen LogP contribution in [-0.4, -0.2) is 15.0 Å². The molecule has 0 amide bonds. The molecule has 1 aromatic rings. The van der Waals surface area contributed by atoms with Crippen LogP contribution in [0.1, 0.15) is 70.8 Å². The van der Waals surface area contributed by atoms with Gasteiger partial charge in [-0.15, -0.1) is 5.10 Å². The van der Waals surface area contributed by atoms with Crippen LogP contribution in [0.4, 0.5) is 8.78 Å². The van der Waals surface area contributed by atoms with E-state index in [0.29, 0.717) is 25.0 Å². The van der Waals surface area contributed by atoms with E-state index in [1.807, 2.05) is 27.7 Å². The van der Waals surface area contributed by atoms with Gasteiger partial charge in [0.25, 0.3) is 5.92 Å². The zero-order chi connectivity index (χ0) is 14.9.